The molecule has 0 aromatic heterocycles. The normalized spacial score (nSPS) is 29.3. The fourth-order valence-corrected chi connectivity index (χ4v) is 5.21. The Morgan fingerprint density at radius 3 is 2.18 bits per heavy atom. The maximum atomic E-state index is 12.4. The Labute approximate surface area is 165 Å². The van der Waals surface area contributed by atoms with E-state index in [1.165, 1.54) is 0 Å². The topological polar surface area (TPSA) is 76.1 Å². The molecule has 1 unspecified atom stereocenters. The zero-order valence-electron chi connectivity index (χ0n) is 16.8. The first-order valence-electron chi connectivity index (χ1n) is 9.78. The van der Waals surface area contributed by atoms with Crippen LogP contribution in [0, 0.1) is 18.3 Å². The number of aliphatic hydroxyl groups is 1. The molecule has 28 heavy (non-hydrogen) atoms. The summed E-state index contributed by atoms with van der Waals surface area (Å²) in [5, 5.41) is 12.3. The van der Waals surface area contributed by atoms with E-state index in [2.05, 4.69) is 11.9 Å². The maximum Gasteiger partial charge on any atom is 0.334 e. The van der Waals surface area contributed by atoms with Crippen LogP contribution in [0.4, 0.5) is 0 Å². The van der Waals surface area contributed by atoms with E-state index in [0.717, 1.165) is 43.6 Å². The predicted octanol–water partition coefficient (Wildman–Crippen LogP) is 2.37. The van der Waals surface area contributed by atoms with E-state index >= 15 is 0 Å². The number of esters is 2. The van der Waals surface area contributed by atoms with Crippen LogP contribution in [-0.2, 0) is 30.5 Å². The molecule has 1 atom stereocenters. The highest BCUT2D eigenvalue weighted by molar-refractivity contribution is 5.93. The van der Waals surface area contributed by atoms with Crippen molar-refractivity contribution in [3.05, 3.63) is 47.0 Å². The zero-order valence-corrected chi connectivity index (χ0v) is 16.8. The average molecular weight is 385 g/mol. The van der Waals surface area contributed by atoms with Gasteiger partial charge >= 0.3 is 11.9 Å². The number of hydrogen-bond donors (Lipinski definition) is 1. The number of piperidine rings is 1. The Balaban J connectivity index is 1.94. The lowest BCUT2D eigenvalue weighted by molar-refractivity contribution is -0.302. The van der Waals surface area contributed by atoms with Crippen molar-refractivity contribution in [1.29, 1.82) is 0 Å². The summed E-state index contributed by atoms with van der Waals surface area (Å²) in [5.74, 6) is -3.03. The lowest BCUT2D eigenvalue weighted by Crippen LogP contribution is -2.56. The van der Waals surface area contributed by atoms with E-state index in [1.54, 1.807) is 0 Å². The van der Waals surface area contributed by atoms with E-state index in [1.807, 2.05) is 39.0 Å². The molecule has 0 saturated carbocycles. The minimum atomic E-state index is -1.67. The predicted molar refractivity (Wildman–Crippen MR) is 102 cm³/mol. The van der Waals surface area contributed by atoms with Gasteiger partial charge in [0, 0.05) is 17.7 Å². The number of nitrogens with zero attached hydrogens (tertiary/aromatic N) is 1. The Morgan fingerprint density at radius 1 is 1.04 bits per heavy atom. The van der Waals surface area contributed by atoms with Crippen LogP contribution in [0.15, 0.2) is 30.4 Å². The van der Waals surface area contributed by atoms with Gasteiger partial charge in [0.25, 0.3) is 5.79 Å². The minimum absolute atomic E-state index is 0.0489. The van der Waals surface area contributed by atoms with Crippen LogP contribution < -0.4 is 0 Å². The van der Waals surface area contributed by atoms with Crippen LogP contribution in [0.5, 0.6) is 0 Å². The first-order valence-corrected chi connectivity index (χ1v) is 9.78. The van der Waals surface area contributed by atoms with Gasteiger partial charge in [0.1, 0.15) is 5.60 Å². The first kappa shape index (κ1) is 19.2. The number of fused-ring (bicyclic) bond motifs is 2. The number of rotatable bonds is 1. The van der Waals surface area contributed by atoms with Gasteiger partial charge in [0.15, 0.2) is 0 Å². The summed E-state index contributed by atoms with van der Waals surface area (Å²) < 4.78 is 11.6. The molecule has 1 saturated heterocycles. The number of ether oxygens (including phenoxy) is 2. The minimum Gasteiger partial charge on any atom is -0.414 e. The Kier molecular flexibility index (Phi) is 4.21. The Morgan fingerprint density at radius 2 is 1.61 bits per heavy atom. The number of carbonyl (C=O) groups is 2. The fourth-order valence-electron chi connectivity index (χ4n) is 5.21. The largest absolute Gasteiger partial charge is 0.414 e. The molecule has 6 heteroatoms. The number of carbonyl (C=O) groups excluding carboxylic acids is 2. The van der Waals surface area contributed by atoms with Gasteiger partial charge in [-0.2, -0.15) is 0 Å². The van der Waals surface area contributed by atoms with Crippen molar-refractivity contribution in [3.8, 4) is 0 Å². The molecular formula is C22H27NO5. The second kappa shape index (κ2) is 6.16. The molecule has 2 heterocycles. The van der Waals surface area contributed by atoms with Crippen LogP contribution in [0.1, 0.15) is 43.4 Å². The van der Waals surface area contributed by atoms with Crippen molar-refractivity contribution in [1.82, 2.24) is 4.90 Å². The summed E-state index contributed by atoms with van der Waals surface area (Å²) in [7, 11) is 2.07. The molecule has 1 aromatic rings. The van der Waals surface area contributed by atoms with Gasteiger partial charge < -0.3 is 19.5 Å². The van der Waals surface area contributed by atoms with Crippen LogP contribution >= 0.6 is 0 Å². The van der Waals surface area contributed by atoms with Crippen LogP contribution in [0.25, 0.3) is 0 Å². The molecular weight excluding hydrogens is 358 g/mol. The Bertz CT molecular complexity index is 846. The van der Waals surface area contributed by atoms with E-state index in [-0.39, 0.29) is 5.92 Å². The molecule has 0 amide bonds. The van der Waals surface area contributed by atoms with Crippen molar-refractivity contribution in [3.63, 3.8) is 0 Å². The van der Waals surface area contributed by atoms with E-state index < -0.39 is 28.7 Å². The second-order valence-corrected chi connectivity index (χ2v) is 8.81. The number of aryl methyl sites for hydroxylation is 1. The molecule has 6 nitrogen and oxygen atoms in total. The lowest BCUT2D eigenvalue weighted by atomic mass is 9.63. The molecule has 1 aliphatic carbocycles. The van der Waals surface area contributed by atoms with Gasteiger partial charge in [-0.1, -0.05) is 23.8 Å². The average Bonchev–Trinajstić information content (AvgIpc) is 2.74. The van der Waals surface area contributed by atoms with E-state index in [4.69, 9.17) is 9.47 Å². The van der Waals surface area contributed by atoms with Gasteiger partial charge in [-0.25, -0.2) is 9.59 Å². The Hall–Kier alpha value is -2.18. The van der Waals surface area contributed by atoms with Gasteiger partial charge in [0.05, 0.1) is 5.41 Å². The number of hydrogen-bond acceptors (Lipinski definition) is 6. The van der Waals surface area contributed by atoms with Gasteiger partial charge in [0.2, 0.25) is 0 Å². The highest BCUT2D eigenvalue weighted by atomic mass is 16.7. The third-order valence-electron chi connectivity index (χ3n) is 6.87. The maximum absolute atomic E-state index is 12.4. The molecule has 1 fully saturated rings. The third kappa shape index (κ3) is 2.40. The van der Waals surface area contributed by atoms with Crippen molar-refractivity contribution in [2.24, 2.45) is 11.3 Å². The van der Waals surface area contributed by atoms with Crippen molar-refractivity contribution >= 4 is 11.9 Å². The van der Waals surface area contributed by atoms with Crippen LogP contribution in [0.2, 0.25) is 0 Å². The van der Waals surface area contributed by atoms with Crippen molar-refractivity contribution in [2.75, 3.05) is 20.1 Å². The SMILES string of the molecule is Cc1ccc2c(c1)C(O)(C1CCN(C)CC1)C(C)(C)C21OC(=O)C=CC(=O)O1. The van der Waals surface area contributed by atoms with Gasteiger partial charge in [-0.05, 0) is 65.2 Å². The first-order chi connectivity index (χ1) is 13.1. The molecule has 1 spiro atoms. The molecule has 2 aliphatic heterocycles. The molecule has 0 radical (unpaired) electrons. The third-order valence-corrected chi connectivity index (χ3v) is 6.87. The standard InChI is InChI=1S/C22H27NO5/c1-14-5-6-16-17(13-14)21(26,15-9-11-23(4)12-10-15)20(2,3)22(16)27-18(24)7-8-19(25)28-22/h5-8,13,15,26H,9-12H2,1-4H3. The smallest absolute Gasteiger partial charge is 0.334 e. The number of likely N-dealkylation sites (tertiary alicyclic amines) is 1. The highest BCUT2D eigenvalue weighted by Crippen LogP contribution is 2.66. The molecule has 4 rings (SSSR count). The van der Waals surface area contributed by atoms with Gasteiger partial charge in [-0.15, -0.1) is 0 Å². The van der Waals surface area contributed by atoms with Crippen molar-refractivity contribution in [2.45, 2.75) is 45.0 Å². The van der Waals surface area contributed by atoms with Crippen molar-refractivity contribution < 1.29 is 24.2 Å². The van der Waals surface area contributed by atoms with E-state index in [0.29, 0.717) is 11.1 Å². The van der Waals surface area contributed by atoms with Gasteiger partial charge in [-0.3, -0.25) is 0 Å². The molecule has 1 aromatic carbocycles. The summed E-state index contributed by atoms with van der Waals surface area (Å²) in [6, 6.07) is 5.63. The summed E-state index contributed by atoms with van der Waals surface area (Å²) in [4.78, 5) is 27.0. The zero-order chi connectivity index (χ0) is 20.3. The van der Waals surface area contributed by atoms with Crippen LogP contribution in [0.3, 0.4) is 0 Å². The van der Waals surface area contributed by atoms with Crippen LogP contribution in [-0.4, -0.2) is 42.1 Å². The van der Waals surface area contributed by atoms with E-state index in [9.17, 15) is 14.7 Å². The highest BCUT2D eigenvalue weighted by Gasteiger charge is 2.72. The molecule has 0 bridgehead atoms. The summed E-state index contributed by atoms with van der Waals surface area (Å²) in [5.41, 5.74) is -0.152. The lowest BCUT2D eigenvalue weighted by Gasteiger charge is -2.50. The second-order valence-electron chi connectivity index (χ2n) is 8.81. The monoisotopic (exact) mass is 385 g/mol. The fraction of sp³-hybridized carbons (Fsp3) is 0.545. The molecule has 150 valence electrons. The summed E-state index contributed by atoms with van der Waals surface area (Å²) in [6.07, 6.45) is 3.77. The summed E-state index contributed by atoms with van der Waals surface area (Å²) >= 11 is 0. The summed E-state index contributed by atoms with van der Waals surface area (Å²) in [6.45, 7) is 7.36. The quantitative estimate of drug-likeness (QED) is 0.748. The number of benzene rings is 1. The molecule has 3 aliphatic rings. The molecule has 1 N–H and O–H groups in total.